The van der Waals surface area contributed by atoms with Crippen LogP contribution in [0.1, 0.15) is 10.4 Å². The molecule has 0 aliphatic carbocycles. The molecule has 2 aromatic rings. The van der Waals surface area contributed by atoms with E-state index in [1.165, 1.54) is 0 Å². The average Bonchev–Trinajstić information content (AvgIpc) is 2.48. The van der Waals surface area contributed by atoms with Crippen LogP contribution in [0.5, 0.6) is 0 Å². The third kappa shape index (κ3) is 4.31. The highest BCUT2D eigenvalue weighted by Gasteiger charge is 2.11. The molecule has 0 bridgehead atoms. The molecule has 108 valence electrons. The van der Waals surface area contributed by atoms with Crippen molar-refractivity contribution < 1.29 is 9.59 Å². The predicted molar refractivity (Wildman–Crippen MR) is 86.6 cm³/mol. The van der Waals surface area contributed by atoms with Crippen molar-refractivity contribution in [2.75, 3.05) is 11.9 Å². The second kappa shape index (κ2) is 7.24. The molecule has 0 saturated carbocycles. The number of carbonyl (C=O) groups is 2. The van der Waals surface area contributed by atoms with Crippen LogP contribution in [0.15, 0.2) is 53.0 Å². The summed E-state index contributed by atoms with van der Waals surface area (Å²) >= 11 is 9.23. The number of rotatable bonds is 4. The van der Waals surface area contributed by atoms with E-state index in [1.807, 2.05) is 6.07 Å². The van der Waals surface area contributed by atoms with Crippen LogP contribution < -0.4 is 10.6 Å². The van der Waals surface area contributed by atoms with Gasteiger partial charge in [0, 0.05) is 4.47 Å². The second-order valence-corrected chi connectivity index (χ2v) is 5.45. The molecular formula is C15H12BrClN2O2. The van der Waals surface area contributed by atoms with Crippen molar-refractivity contribution in [2.24, 2.45) is 0 Å². The fourth-order valence-corrected chi connectivity index (χ4v) is 2.31. The summed E-state index contributed by atoms with van der Waals surface area (Å²) in [5.41, 5.74) is 0.988. The van der Waals surface area contributed by atoms with Crippen molar-refractivity contribution >= 4 is 45.0 Å². The Morgan fingerprint density at radius 1 is 1.05 bits per heavy atom. The number of halogens is 2. The second-order valence-electron chi connectivity index (χ2n) is 4.19. The summed E-state index contributed by atoms with van der Waals surface area (Å²) in [7, 11) is 0. The van der Waals surface area contributed by atoms with Crippen molar-refractivity contribution in [2.45, 2.75) is 0 Å². The number of anilines is 1. The van der Waals surface area contributed by atoms with Gasteiger partial charge < -0.3 is 10.6 Å². The third-order valence-corrected chi connectivity index (χ3v) is 3.70. The minimum absolute atomic E-state index is 0.134. The molecule has 4 nitrogen and oxygen atoms in total. The fourth-order valence-electron chi connectivity index (χ4n) is 1.66. The molecule has 0 fully saturated rings. The summed E-state index contributed by atoms with van der Waals surface area (Å²) in [5.74, 6) is -0.666. The first kappa shape index (κ1) is 15.5. The lowest BCUT2D eigenvalue weighted by Crippen LogP contribution is -2.33. The maximum absolute atomic E-state index is 11.9. The van der Waals surface area contributed by atoms with Crippen LogP contribution >= 0.6 is 27.5 Å². The maximum Gasteiger partial charge on any atom is 0.252 e. The number of hydrogen-bond donors (Lipinski definition) is 2. The SMILES string of the molecule is O=C(CNC(=O)c1ccccc1Br)Nc1ccccc1Cl. The molecule has 2 amide bonds. The largest absolute Gasteiger partial charge is 0.343 e. The van der Waals surface area contributed by atoms with E-state index in [0.717, 1.165) is 0 Å². The number of amides is 2. The van der Waals surface area contributed by atoms with Crippen LogP contribution in [0.4, 0.5) is 5.69 Å². The topological polar surface area (TPSA) is 58.2 Å². The average molecular weight is 368 g/mol. The lowest BCUT2D eigenvalue weighted by molar-refractivity contribution is -0.115. The number of carbonyl (C=O) groups excluding carboxylic acids is 2. The van der Waals surface area contributed by atoms with Crippen molar-refractivity contribution in [3.8, 4) is 0 Å². The van der Waals surface area contributed by atoms with E-state index < -0.39 is 0 Å². The van der Waals surface area contributed by atoms with E-state index in [0.29, 0.717) is 20.7 Å². The minimum atomic E-state index is -0.344. The fraction of sp³-hybridized carbons (Fsp3) is 0.0667. The Hall–Kier alpha value is -1.85. The van der Waals surface area contributed by atoms with Crippen LogP contribution in [0.2, 0.25) is 5.02 Å². The molecule has 0 aliphatic rings. The molecule has 21 heavy (non-hydrogen) atoms. The van der Waals surface area contributed by atoms with Crippen molar-refractivity contribution in [1.82, 2.24) is 5.32 Å². The number of benzene rings is 2. The highest BCUT2D eigenvalue weighted by atomic mass is 79.9. The van der Waals surface area contributed by atoms with Crippen molar-refractivity contribution in [3.63, 3.8) is 0 Å². The molecule has 0 heterocycles. The molecule has 0 radical (unpaired) electrons. The maximum atomic E-state index is 11.9. The lowest BCUT2D eigenvalue weighted by Gasteiger charge is -2.09. The molecule has 2 aromatic carbocycles. The van der Waals surface area contributed by atoms with Crippen molar-refractivity contribution in [3.05, 3.63) is 63.6 Å². The van der Waals surface area contributed by atoms with Crippen LogP contribution in [-0.4, -0.2) is 18.4 Å². The van der Waals surface area contributed by atoms with Gasteiger partial charge in [-0.2, -0.15) is 0 Å². The van der Waals surface area contributed by atoms with E-state index in [2.05, 4.69) is 26.6 Å². The van der Waals surface area contributed by atoms with Crippen LogP contribution in [0.3, 0.4) is 0 Å². The van der Waals surface area contributed by atoms with Crippen LogP contribution in [0.25, 0.3) is 0 Å². The Labute approximate surface area is 135 Å². The molecule has 0 saturated heterocycles. The molecule has 0 aliphatic heterocycles. The van der Waals surface area contributed by atoms with Gasteiger partial charge in [0.15, 0.2) is 0 Å². The van der Waals surface area contributed by atoms with Gasteiger partial charge in [0.2, 0.25) is 5.91 Å². The summed E-state index contributed by atoms with van der Waals surface area (Å²) in [5, 5.41) is 5.64. The molecule has 2 rings (SSSR count). The zero-order valence-electron chi connectivity index (χ0n) is 10.9. The van der Waals surface area contributed by atoms with Gasteiger partial charge in [0.05, 0.1) is 22.8 Å². The highest BCUT2D eigenvalue weighted by Crippen LogP contribution is 2.20. The summed E-state index contributed by atoms with van der Waals surface area (Å²) in [6.45, 7) is -0.134. The summed E-state index contributed by atoms with van der Waals surface area (Å²) < 4.78 is 0.675. The number of nitrogens with one attached hydrogen (secondary N) is 2. The van der Waals surface area contributed by atoms with Crippen LogP contribution in [-0.2, 0) is 4.79 Å². The molecule has 0 spiro atoms. The Balaban J connectivity index is 1.91. The molecule has 0 unspecified atom stereocenters. The quantitative estimate of drug-likeness (QED) is 0.869. The highest BCUT2D eigenvalue weighted by molar-refractivity contribution is 9.10. The smallest absolute Gasteiger partial charge is 0.252 e. The van der Waals surface area contributed by atoms with E-state index >= 15 is 0 Å². The summed E-state index contributed by atoms with van der Waals surface area (Å²) in [4.78, 5) is 23.7. The Bertz CT molecular complexity index is 676. The molecule has 0 aromatic heterocycles. The van der Waals surface area contributed by atoms with Gasteiger partial charge in [-0.3, -0.25) is 9.59 Å². The third-order valence-electron chi connectivity index (χ3n) is 2.68. The summed E-state index contributed by atoms with van der Waals surface area (Å²) in [6, 6.07) is 13.9. The van der Waals surface area contributed by atoms with Gasteiger partial charge in [0.25, 0.3) is 5.91 Å². The van der Waals surface area contributed by atoms with E-state index in [4.69, 9.17) is 11.6 Å². The molecule has 0 atom stereocenters. The zero-order valence-corrected chi connectivity index (χ0v) is 13.2. The molecule has 2 N–H and O–H groups in total. The normalized spacial score (nSPS) is 10.0. The Morgan fingerprint density at radius 3 is 2.43 bits per heavy atom. The number of para-hydroxylation sites is 1. The van der Waals surface area contributed by atoms with Gasteiger partial charge in [-0.1, -0.05) is 35.9 Å². The first-order valence-electron chi connectivity index (χ1n) is 6.15. The minimum Gasteiger partial charge on any atom is -0.343 e. The standard InChI is InChI=1S/C15H12BrClN2O2/c16-11-6-2-1-5-10(11)15(21)18-9-14(20)19-13-8-4-3-7-12(13)17/h1-8H,9H2,(H,18,21)(H,19,20). The summed E-state index contributed by atoms with van der Waals surface area (Å²) in [6.07, 6.45) is 0. The van der Waals surface area contributed by atoms with E-state index in [9.17, 15) is 9.59 Å². The van der Waals surface area contributed by atoms with Crippen molar-refractivity contribution in [1.29, 1.82) is 0 Å². The first-order valence-corrected chi connectivity index (χ1v) is 7.32. The monoisotopic (exact) mass is 366 g/mol. The Morgan fingerprint density at radius 2 is 1.71 bits per heavy atom. The Kier molecular flexibility index (Phi) is 5.36. The number of hydrogen-bond acceptors (Lipinski definition) is 2. The zero-order chi connectivity index (χ0) is 15.2. The van der Waals surface area contributed by atoms with Gasteiger partial charge in [0.1, 0.15) is 0 Å². The van der Waals surface area contributed by atoms with Gasteiger partial charge in [-0.15, -0.1) is 0 Å². The van der Waals surface area contributed by atoms with Gasteiger partial charge >= 0.3 is 0 Å². The molecule has 6 heteroatoms. The lowest BCUT2D eigenvalue weighted by atomic mass is 10.2. The van der Waals surface area contributed by atoms with Gasteiger partial charge in [-0.05, 0) is 40.2 Å². The van der Waals surface area contributed by atoms with Gasteiger partial charge in [-0.25, -0.2) is 0 Å². The van der Waals surface area contributed by atoms with Crippen LogP contribution in [0, 0.1) is 0 Å². The van der Waals surface area contributed by atoms with E-state index in [1.54, 1.807) is 42.5 Å². The first-order chi connectivity index (χ1) is 10.1. The van der Waals surface area contributed by atoms with E-state index in [-0.39, 0.29) is 18.4 Å². The predicted octanol–water partition coefficient (Wildman–Crippen LogP) is 3.47. The molecular weight excluding hydrogens is 356 g/mol.